The molecule has 0 aliphatic heterocycles. The number of aliphatic hydroxyl groups is 2. The number of carbonyl (C=O) groups excluding carboxylic acids is 1. The molecule has 1 unspecified atom stereocenters. The molecule has 0 amide bonds. The minimum absolute atomic E-state index is 0.0409. The number of nitrogens with two attached hydrogens (primary N) is 2. The van der Waals surface area contributed by atoms with Gasteiger partial charge < -0.3 is 26.4 Å². The summed E-state index contributed by atoms with van der Waals surface area (Å²) >= 11 is 0. The molecule has 2 rings (SSSR count). The zero-order chi connectivity index (χ0) is 19.6. The molecule has 0 fully saturated rings. The molecule has 26 heavy (non-hydrogen) atoms. The van der Waals surface area contributed by atoms with E-state index in [1.165, 1.54) is 12.3 Å². The van der Waals surface area contributed by atoms with Crippen LogP contribution in [0.5, 0.6) is 0 Å². The van der Waals surface area contributed by atoms with E-state index in [1.807, 2.05) is 6.07 Å². The first-order valence-corrected chi connectivity index (χ1v) is 7.92. The van der Waals surface area contributed by atoms with Crippen molar-refractivity contribution in [3.63, 3.8) is 0 Å². The standard InChI is InChI=1S/C16H21N5O5/c1-8(2)11(19)14(24)26-6-9-5-16(7-17,13(23)12(9)22)21-4-3-10(18)20-15(21)25/h3-4,8,11,13,22-23H,5-6,19H2,1-2H3,(H2,18,20,25)/t11-,13?,16-/m0/s1. The summed E-state index contributed by atoms with van der Waals surface area (Å²) in [7, 11) is 0. The molecule has 1 aromatic heterocycles. The molecule has 0 saturated carbocycles. The van der Waals surface area contributed by atoms with Crippen molar-refractivity contribution in [2.45, 2.75) is 38.0 Å². The highest BCUT2D eigenvalue weighted by Crippen LogP contribution is 2.39. The van der Waals surface area contributed by atoms with Crippen molar-refractivity contribution in [1.82, 2.24) is 9.55 Å². The van der Waals surface area contributed by atoms with Crippen LogP contribution < -0.4 is 17.2 Å². The number of ether oxygens (including phenoxy) is 1. The Morgan fingerprint density at radius 1 is 1.62 bits per heavy atom. The van der Waals surface area contributed by atoms with E-state index in [9.17, 15) is 25.1 Å². The molecular formula is C16H21N5O5. The normalized spacial score (nSPS) is 23.8. The van der Waals surface area contributed by atoms with Gasteiger partial charge in [-0.2, -0.15) is 10.2 Å². The fourth-order valence-electron chi connectivity index (χ4n) is 2.68. The van der Waals surface area contributed by atoms with Crippen LogP contribution in [0.2, 0.25) is 0 Å². The Morgan fingerprint density at radius 3 is 2.81 bits per heavy atom. The maximum atomic E-state index is 12.1. The van der Waals surface area contributed by atoms with Crippen molar-refractivity contribution in [3.05, 3.63) is 34.1 Å². The van der Waals surface area contributed by atoms with Crippen LogP contribution in [0, 0.1) is 17.2 Å². The zero-order valence-corrected chi connectivity index (χ0v) is 14.4. The van der Waals surface area contributed by atoms with Crippen LogP contribution in [-0.4, -0.2) is 44.5 Å². The van der Waals surface area contributed by atoms with Crippen molar-refractivity contribution < 1.29 is 19.7 Å². The van der Waals surface area contributed by atoms with E-state index in [0.29, 0.717) is 0 Å². The van der Waals surface area contributed by atoms with E-state index in [4.69, 9.17) is 16.2 Å². The minimum atomic E-state index is -1.82. The van der Waals surface area contributed by atoms with Crippen molar-refractivity contribution >= 4 is 11.8 Å². The first-order valence-electron chi connectivity index (χ1n) is 7.92. The predicted octanol–water partition coefficient (Wildman–Crippen LogP) is -0.852. The minimum Gasteiger partial charge on any atom is -0.509 e. The number of rotatable bonds is 5. The maximum Gasteiger partial charge on any atom is 0.350 e. The fourth-order valence-corrected chi connectivity index (χ4v) is 2.68. The number of aromatic nitrogens is 2. The number of esters is 1. The second kappa shape index (κ2) is 7.15. The third kappa shape index (κ3) is 3.26. The van der Waals surface area contributed by atoms with Gasteiger partial charge >= 0.3 is 11.7 Å². The molecule has 0 saturated heterocycles. The van der Waals surface area contributed by atoms with Crippen molar-refractivity contribution in [2.75, 3.05) is 12.3 Å². The van der Waals surface area contributed by atoms with Gasteiger partial charge in [0.2, 0.25) is 0 Å². The second-order valence-electron chi connectivity index (χ2n) is 6.49. The largest absolute Gasteiger partial charge is 0.509 e. The number of aliphatic hydroxyl groups excluding tert-OH is 2. The number of nitrogen functional groups attached to an aromatic ring is 1. The molecule has 10 heteroatoms. The maximum absolute atomic E-state index is 12.1. The third-order valence-electron chi connectivity index (χ3n) is 4.38. The molecule has 1 aliphatic rings. The van der Waals surface area contributed by atoms with Crippen LogP contribution in [0.15, 0.2) is 28.4 Å². The lowest BCUT2D eigenvalue weighted by Crippen LogP contribution is -2.47. The zero-order valence-electron chi connectivity index (χ0n) is 14.4. The number of nitriles is 1. The first-order chi connectivity index (χ1) is 12.1. The van der Waals surface area contributed by atoms with E-state index in [1.54, 1.807) is 13.8 Å². The van der Waals surface area contributed by atoms with Crippen molar-refractivity contribution in [3.8, 4) is 6.07 Å². The van der Waals surface area contributed by atoms with Crippen LogP contribution in [0.25, 0.3) is 0 Å². The Hall–Kier alpha value is -2.90. The summed E-state index contributed by atoms with van der Waals surface area (Å²) in [5.41, 5.74) is 8.58. The molecular weight excluding hydrogens is 342 g/mol. The van der Waals surface area contributed by atoms with E-state index < -0.39 is 35.1 Å². The smallest absolute Gasteiger partial charge is 0.350 e. The molecule has 1 aromatic rings. The lowest BCUT2D eigenvalue weighted by molar-refractivity contribution is -0.145. The highest BCUT2D eigenvalue weighted by atomic mass is 16.5. The lowest BCUT2D eigenvalue weighted by atomic mass is 9.94. The first kappa shape index (κ1) is 19.4. The SMILES string of the molecule is CC(C)[C@H](N)C(=O)OCC1=C(O)C(O)[C@](C#N)(n2ccc(N)nc2=O)C1. The topological polar surface area (TPSA) is 177 Å². The van der Waals surface area contributed by atoms with Gasteiger partial charge in [0.1, 0.15) is 30.3 Å². The van der Waals surface area contributed by atoms with Gasteiger partial charge in [-0.25, -0.2) is 4.79 Å². The summed E-state index contributed by atoms with van der Waals surface area (Å²) in [6.45, 7) is 3.15. The van der Waals surface area contributed by atoms with Gasteiger partial charge in [0.25, 0.3) is 0 Å². The molecule has 1 heterocycles. The average molecular weight is 363 g/mol. The summed E-state index contributed by atoms with van der Waals surface area (Å²) in [5, 5.41) is 30.2. The Kier molecular flexibility index (Phi) is 5.34. The van der Waals surface area contributed by atoms with E-state index in [2.05, 4.69) is 4.98 Å². The van der Waals surface area contributed by atoms with Gasteiger partial charge in [0.05, 0.1) is 6.07 Å². The van der Waals surface area contributed by atoms with E-state index in [0.717, 1.165) is 4.57 Å². The molecule has 140 valence electrons. The monoisotopic (exact) mass is 363 g/mol. The molecule has 6 N–H and O–H groups in total. The second-order valence-corrected chi connectivity index (χ2v) is 6.49. The molecule has 3 atom stereocenters. The lowest BCUT2D eigenvalue weighted by Gasteiger charge is -2.27. The molecule has 0 radical (unpaired) electrons. The van der Waals surface area contributed by atoms with Gasteiger partial charge in [0.15, 0.2) is 5.54 Å². The highest BCUT2D eigenvalue weighted by Gasteiger charge is 2.50. The predicted molar refractivity (Wildman–Crippen MR) is 90.5 cm³/mol. The van der Waals surface area contributed by atoms with Crippen LogP contribution in [0.4, 0.5) is 5.82 Å². The van der Waals surface area contributed by atoms with Gasteiger partial charge in [-0.1, -0.05) is 13.8 Å². The summed E-state index contributed by atoms with van der Waals surface area (Å²) in [5.74, 6) is -1.38. The summed E-state index contributed by atoms with van der Waals surface area (Å²) in [4.78, 5) is 27.5. The third-order valence-corrected chi connectivity index (χ3v) is 4.38. The number of nitrogens with zero attached hydrogens (tertiary/aromatic N) is 3. The van der Waals surface area contributed by atoms with Crippen molar-refractivity contribution in [1.29, 1.82) is 5.26 Å². The quantitative estimate of drug-likeness (QED) is 0.485. The number of carbonyl (C=O) groups is 1. The van der Waals surface area contributed by atoms with Gasteiger partial charge in [-0.05, 0) is 12.0 Å². The molecule has 10 nitrogen and oxygen atoms in total. The summed E-state index contributed by atoms with van der Waals surface area (Å²) in [6, 6.07) is 2.31. The molecule has 1 aliphatic carbocycles. The fraction of sp³-hybridized carbons (Fsp3) is 0.500. The van der Waals surface area contributed by atoms with E-state index in [-0.39, 0.29) is 30.3 Å². The van der Waals surface area contributed by atoms with Gasteiger partial charge in [-0.3, -0.25) is 9.36 Å². The summed E-state index contributed by atoms with van der Waals surface area (Å²) < 4.78 is 5.97. The van der Waals surface area contributed by atoms with Crippen molar-refractivity contribution in [2.24, 2.45) is 11.7 Å². The molecule has 0 spiro atoms. The molecule has 0 aromatic carbocycles. The van der Waals surface area contributed by atoms with Crippen LogP contribution in [0.3, 0.4) is 0 Å². The van der Waals surface area contributed by atoms with Crippen LogP contribution >= 0.6 is 0 Å². The van der Waals surface area contributed by atoms with Gasteiger partial charge in [0, 0.05) is 18.2 Å². The Labute approximate surface area is 149 Å². The summed E-state index contributed by atoms with van der Waals surface area (Å²) in [6.07, 6.45) is -0.705. The van der Waals surface area contributed by atoms with E-state index >= 15 is 0 Å². The Bertz CT molecular complexity index is 840. The van der Waals surface area contributed by atoms with Gasteiger partial charge in [-0.15, -0.1) is 0 Å². The Balaban J connectivity index is 2.27. The molecule has 0 bridgehead atoms. The number of anilines is 1. The number of hydrogen-bond donors (Lipinski definition) is 4. The Morgan fingerprint density at radius 2 is 2.27 bits per heavy atom. The highest BCUT2D eigenvalue weighted by molar-refractivity contribution is 5.75. The average Bonchev–Trinajstić information content (AvgIpc) is 2.84. The van der Waals surface area contributed by atoms with Crippen LogP contribution in [0.1, 0.15) is 20.3 Å². The van der Waals surface area contributed by atoms with Crippen LogP contribution in [-0.2, 0) is 15.1 Å². The number of hydrogen-bond acceptors (Lipinski definition) is 9.